The van der Waals surface area contributed by atoms with Gasteiger partial charge in [0.1, 0.15) is 11.5 Å². The summed E-state index contributed by atoms with van der Waals surface area (Å²) in [5.74, 6) is -13.8. The van der Waals surface area contributed by atoms with Gasteiger partial charge in [-0.05, 0) is 46.5 Å². The van der Waals surface area contributed by atoms with E-state index in [1.165, 1.54) is 52.0 Å². The third-order valence-electron chi connectivity index (χ3n) is 7.42. The molecule has 0 amide bonds. The number of phenolic OH excluding ortho intramolecular Hbond substituents is 2. The quantitative estimate of drug-likeness (QED) is 0.128. The Morgan fingerprint density at radius 2 is 0.810 bits per heavy atom. The van der Waals surface area contributed by atoms with Gasteiger partial charge in [-0.25, -0.2) is 0 Å². The molecule has 4 nitrogen and oxygen atoms in total. The lowest BCUT2D eigenvalue weighted by Crippen LogP contribution is -2.34. The third-order valence-corrected chi connectivity index (χ3v) is 7.42. The molecule has 0 heterocycles. The van der Waals surface area contributed by atoms with E-state index in [1.807, 2.05) is 0 Å². The van der Waals surface area contributed by atoms with Gasteiger partial charge in [0.25, 0.3) is 0 Å². The van der Waals surface area contributed by atoms with Crippen molar-refractivity contribution in [3.63, 3.8) is 0 Å². The van der Waals surface area contributed by atoms with Crippen molar-refractivity contribution in [3.05, 3.63) is 81.9 Å². The summed E-state index contributed by atoms with van der Waals surface area (Å²) in [5.41, 5.74) is 3.78. The molecule has 0 unspecified atom stereocenters. The lowest BCUT2D eigenvalue weighted by Gasteiger charge is -2.32. The van der Waals surface area contributed by atoms with E-state index in [-0.39, 0.29) is 11.1 Å². The van der Waals surface area contributed by atoms with Crippen LogP contribution in [-0.4, -0.2) is 22.6 Å². The van der Waals surface area contributed by atoms with Crippen LogP contribution < -0.4 is 11.5 Å². The maximum absolute atomic E-state index is 14.2. The number of aromatic hydroxyl groups is 2. The Hall–Kier alpha value is -3.84. The van der Waals surface area contributed by atoms with Crippen molar-refractivity contribution in [2.24, 2.45) is 0 Å². The summed E-state index contributed by atoms with van der Waals surface area (Å²) in [6.07, 6.45) is -12.1. The number of nitrogen functional groups attached to an aromatic ring is 2. The molecule has 0 bridgehead atoms. The standard InChI is InChI=1S/C28H26F10N2O2/c1-23(2,15-9-17(21(41)19(39)11-15)25(29,30)27(33,34)35)13-6-5-7-14(8-13)24(3,4)16-10-18(22(42)20(40)12-16)26(31,32)28(36,37)38/h5-12,41-42H,39-40H2,1-4H3. The van der Waals surface area contributed by atoms with E-state index >= 15 is 0 Å². The minimum Gasteiger partial charge on any atom is -0.505 e. The fraction of sp³-hybridized carbons (Fsp3) is 0.357. The topological polar surface area (TPSA) is 92.5 Å². The van der Waals surface area contributed by atoms with Gasteiger partial charge in [0.15, 0.2) is 0 Å². The summed E-state index contributed by atoms with van der Waals surface area (Å²) in [6.45, 7) is 5.84. The Labute approximate surface area is 233 Å². The zero-order valence-corrected chi connectivity index (χ0v) is 22.4. The number of alkyl halides is 10. The van der Waals surface area contributed by atoms with Crippen LogP contribution in [0, 0.1) is 0 Å². The SMILES string of the molecule is CC(C)(c1cccc(C(C)(C)c2cc(N)c(O)c(C(F)(F)C(F)(F)F)c2)c1)c1cc(N)c(O)c(C(F)(F)C(F)(F)F)c1. The van der Waals surface area contributed by atoms with Crippen LogP contribution in [0.25, 0.3) is 0 Å². The molecule has 42 heavy (non-hydrogen) atoms. The molecular weight excluding hydrogens is 586 g/mol. The Kier molecular flexibility index (Phi) is 7.68. The molecule has 0 radical (unpaired) electrons. The molecule has 0 fully saturated rings. The van der Waals surface area contributed by atoms with Crippen molar-refractivity contribution in [2.45, 2.75) is 62.7 Å². The molecule has 14 heteroatoms. The van der Waals surface area contributed by atoms with Crippen molar-refractivity contribution in [2.75, 3.05) is 11.5 Å². The van der Waals surface area contributed by atoms with Crippen molar-refractivity contribution in [1.82, 2.24) is 0 Å². The number of nitrogens with two attached hydrogens (primary N) is 2. The average molecular weight is 613 g/mol. The Morgan fingerprint density at radius 3 is 1.10 bits per heavy atom. The van der Waals surface area contributed by atoms with Gasteiger partial charge in [0.05, 0.1) is 22.5 Å². The summed E-state index contributed by atoms with van der Waals surface area (Å²) in [5, 5.41) is 19.9. The Bertz CT molecular complexity index is 1400. The highest BCUT2D eigenvalue weighted by atomic mass is 19.4. The van der Waals surface area contributed by atoms with Gasteiger partial charge in [0.2, 0.25) is 0 Å². The van der Waals surface area contributed by atoms with E-state index in [9.17, 15) is 54.1 Å². The summed E-state index contributed by atoms with van der Waals surface area (Å²) >= 11 is 0. The first kappa shape index (κ1) is 32.7. The highest BCUT2D eigenvalue weighted by Gasteiger charge is 2.61. The molecule has 230 valence electrons. The highest BCUT2D eigenvalue weighted by molar-refractivity contribution is 5.63. The molecule has 3 aromatic carbocycles. The first-order valence-corrected chi connectivity index (χ1v) is 12.0. The molecule has 0 atom stereocenters. The maximum Gasteiger partial charge on any atom is 0.458 e. The zero-order valence-electron chi connectivity index (χ0n) is 22.4. The van der Waals surface area contributed by atoms with Crippen LogP contribution in [0.2, 0.25) is 0 Å². The normalized spacial score (nSPS) is 13.9. The molecule has 3 rings (SSSR count). The van der Waals surface area contributed by atoms with Crippen molar-refractivity contribution in [3.8, 4) is 11.5 Å². The van der Waals surface area contributed by atoms with Crippen molar-refractivity contribution >= 4 is 11.4 Å². The number of anilines is 2. The molecule has 0 spiro atoms. The molecule has 0 aliphatic carbocycles. The van der Waals surface area contributed by atoms with Gasteiger partial charge < -0.3 is 21.7 Å². The number of hydrogen-bond acceptors (Lipinski definition) is 4. The molecule has 3 aromatic rings. The van der Waals surface area contributed by atoms with E-state index < -0.39 is 69.0 Å². The molecule has 0 aliphatic rings. The lowest BCUT2D eigenvalue weighted by molar-refractivity contribution is -0.289. The van der Waals surface area contributed by atoms with Crippen molar-refractivity contribution < 1.29 is 54.1 Å². The predicted molar refractivity (Wildman–Crippen MR) is 136 cm³/mol. The molecule has 0 aliphatic heterocycles. The summed E-state index contributed by atoms with van der Waals surface area (Å²) in [4.78, 5) is 0. The first-order chi connectivity index (χ1) is 18.8. The third kappa shape index (κ3) is 5.26. The number of benzene rings is 3. The molecule has 0 saturated carbocycles. The van der Waals surface area contributed by atoms with Crippen LogP contribution in [-0.2, 0) is 22.7 Å². The Morgan fingerprint density at radius 1 is 0.500 bits per heavy atom. The Balaban J connectivity index is 2.18. The van der Waals surface area contributed by atoms with Gasteiger partial charge in [0, 0.05) is 10.8 Å². The van der Waals surface area contributed by atoms with Gasteiger partial charge in [-0.3, -0.25) is 0 Å². The summed E-state index contributed by atoms with van der Waals surface area (Å²) in [6, 6.07) is 8.88. The van der Waals surface area contributed by atoms with Crippen LogP contribution >= 0.6 is 0 Å². The van der Waals surface area contributed by atoms with E-state index in [2.05, 4.69) is 0 Å². The van der Waals surface area contributed by atoms with Crippen LogP contribution in [0.1, 0.15) is 61.1 Å². The van der Waals surface area contributed by atoms with E-state index in [4.69, 9.17) is 11.5 Å². The summed E-state index contributed by atoms with van der Waals surface area (Å²) < 4.78 is 136. The zero-order chi connectivity index (χ0) is 32.4. The van der Waals surface area contributed by atoms with Gasteiger partial charge >= 0.3 is 24.2 Å². The van der Waals surface area contributed by atoms with Crippen LogP contribution in [0.15, 0.2) is 48.5 Å². The number of halogens is 10. The van der Waals surface area contributed by atoms with Crippen LogP contribution in [0.3, 0.4) is 0 Å². The van der Waals surface area contributed by atoms with E-state index in [0.717, 1.165) is 12.1 Å². The fourth-order valence-electron chi connectivity index (χ4n) is 4.45. The first-order valence-electron chi connectivity index (χ1n) is 12.0. The second-order valence-corrected chi connectivity index (χ2v) is 10.9. The van der Waals surface area contributed by atoms with E-state index in [1.54, 1.807) is 0 Å². The average Bonchev–Trinajstić information content (AvgIpc) is 2.85. The smallest absolute Gasteiger partial charge is 0.458 e. The van der Waals surface area contributed by atoms with Crippen LogP contribution in [0.4, 0.5) is 55.3 Å². The molecule has 6 N–H and O–H groups in total. The minimum absolute atomic E-state index is 0.146. The van der Waals surface area contributed by atoms with Gasteiger partial charge in [-0.2, -0.15) is 43.9 Å². The van der Waals surface area contributed by atoms with Crippen molar-refractivity contribution in [1.29, 1.82) is 0 Å². The second-order valence-electron chi connectivity index (χ2n) is 10.9. The largest absolute Gasteiger partial charge is 0.505 e. The molecule has 0 saturated heterocycles. The number of hydrogen-bond donors (Lipinski definition) is 4. The van der Waals surface area contributed by atoms with Crippen LogP contribution in [0.5, 0.6) is 11.5 Å². The number of rotatable bonds is 6. The molecule has 0 aromatic heterocycles. The van der Waals surface area contributed by atoms with Gasteiger partial charge in [-0.1, -0.05) is 52.0 Å². The minimum atomic E-state index is -6.04. The van der Waals surface area contributed by atoms with Gasteiger partial charge in [-0.15, -0.1) is 0 Å². The van der Waals surface area contributed by atoms with E-state index in [0.29, 0.717) is 23.3 Å². The molecular formula is C28H26F10N2O2. The number of phenols is 2. The maximum atomic E-state index is 14.2. The predicted octanol–water partition coefficient (Wildman–Crippen LogP) is 8.22. The fourth-order valence-corrected chi connectivity index (χ4v) is 4.45. The highest BCUT2D eigenvalue weighted by Crippen LogP contribution is 2.52. The second kappa shape index (κ2) is 9.87. The summed E-state index contributed by atoms with van der Waals surface area (Å²) in [7, 11) is 0. The lowest BCUT2D eigenvalue weighted by atomic mass is 9.72. The monoisotopic (exact) mass is 612 g/mol.